The Hall–Kier alpha value is -3.09. The molecule has 3 aromatic carbocycles. The maximum atomic E-state index is 12.2. The second-order valence-electron chi connectivity index (χ2n) is 6.59. The molecule has 7 heteroatoms. The number of halogens is 1. The summed E-state index contributed by atoms with van der Waals surface area (Å²) in [6, 6.07) is 25.5. The zero-order valence-corrected chi connectivity index (χ0v) is 17.6. The summed E-state index contributed by atoms with van der Waals surface area (Å²) in [7, 11) is 0. The van der Waals surface area contributed by atoms with Crippen LogP contribution in [0.15, 0.2) is 89.1 Å². The van der Waals surface area contributed by atoms with Crippen LogP contribution in [0.2, 0.25) is 5.02 Å². The molecule has 0 aliphatic carbocycles. The van der Waals surface area contributed by atoms with Crippen LogP contribution in [-0.2, 0) is 11.3 Å². The Morgan fingerprint density at radius 1 is 1.07 bits per heavy atom. The molecule has 4 rings (SSSR count). The van der Waals surface area contributed by atoms with Crippen LogP contribution in [0.25, 0.3) is 11.0 Å². The number of imidazole rings is 1. The summed E-state index contributed by atoms with van der Waals surface area (Å²) in [5.41, 5.74) is 6.51. The molecule has 0 radical (unpaired) electrons. The molecule has 0 aliphatic heterocycles. The molecule has 150 valence electrons. The summed E-state index contributed by atoms with van der Waals surface area (Å²) in [4.78, 5) is 17.0. The maximum absolute atomic E-state index is 12.2. The molecule has 0 unspecified atom stereocenters. The van der Waals surface area contributed by atoms with Gasteiger partial charge in [-0.15, -0.1) is 0 Å². The second kappa shape index (κ2) is 9.61. The average Bonchev–Trinajstić information content (AvgIpc) is 3.10. The number of nitrogens with one attached hydrogen (secondary N) is 1. The summed E-state index contributed by atoms with van der Waals surface area (Å²) in [6.07, 6.45) is 1.57. The Morgan fingerprint density at radius 3 is 2.70 bits per heavy atom. The molecular formula is C23H19ClN4OS. The van der Waals surface area contributed by atoms with Gasteiger partial charge in [0.15, 0.2) is 5.16 Å². The lowest BCUT2D eigenvalue weighted by molar-refractivity contribution is -0.118. The highest BCUT2D eigenvalue weighted by molar-refractivity contribution is 7.99. The van der Waals surface area contributed by atoms with Gasteiger partial charge in [-0.1, -0.05) is 78.0 Å². The van der Waals surface area contributed by atoms with Crippen LogP contribution in [0.1, 0.15) is 11.1 Å². The van der Waals surface area contributed by atoms with Gasteiger partial charge in [0.1, 0.15) is 0 Å². The van der Waals surface area contributed by atoms with Gasteiger partial charge in [-0.25, -0.2) is 10.4 Å². The van der Waals surface area contributed by atoms with Gasteiger partial charge in [-0.05, 0) is 35.4 Å². The number of aromatic nitrogens is 2. The van der Waals surface area contributed by atoms with Crippen molar-refractivity contribution in [2.45, 2.75) is 11.7 Å². The van der Waals surface area contributed by atoms with Crippen molar-refractivity contribution in [3.8, 4) is 0 Å². The Bertz CT molecular complexity index is 1190. The van der Waals surface area contributed by atoms with Crippen molar-refractivity contribution in [2.75, 3.05) is 5.75 Å². The Balaban J connectivity index is 1.44. The van der Waals surface area contributed by atoms with E-state index in [-0.39, 0.29) is 11.7 Å². The molecule has 0 atom stereocenters. The summed E-state index contributed by atoms with van der Waals surface area (Å²) in [5, 5.41) is 5.43. The summed E-state index contributed by atoms with van der Waals surface area (Å²) in [5.74, 6) is 0.0157. The SMILES string of the molecule is O=C(CSc1nc2ccccc2n1Cc1ccccc1)N/N=C\c1cccc(Cl)c1. The summed E-state index contributed by atoms with van der Waals surface area (Å²) in [6.45, 7) is 0.693. The van der Waals surface area contributed by atoms with E-state index in [0.29, 0.717) is 11.6 Å². The number of para-hydroxylation sites is 2. The van der Waals surface area contributed by atoms with E-state index in [9.17, 15) is 4.79 Å². The average molecular weight is 435 g/mol. The van der Waals surface area contributed by atoms with E-state index in [1.807, 2.05) is 54.6 Å². The van der Waals surface area contributed by atoms with Crippen LogP contribution >= 0.6 is 23.4 Å². The number of hydrogen-bond acceptors (Lipinski definition) is 4. The number of thioether (sulfide) groups is 1. The first kappa shape index (κ1) is 20.2. The monoisotopic (exact) mass is 434 g/mol. The number of carbonyl (C=O) groups excluding carboxylic acids is 1. The molecule has 1 N–H and O–H groups in total. The van der Waals surface area contributed by atoms with Crippen LogP contribution in [0.4, 0.5) is 0 Å². The highest BCUT2D eigenvalue weighted by Gasteiger charge is 2.13. The molecule has 4 aromatic rings. The number of amides is 1. The van der Waals surface area contributed by atoms with Gasteiger partial charge in [0.2, 0.25) is 0 Å². The smallest absolute Gasteiger partial charge is 0.250 e. The van der Waals surface area contributed by atoms with Gasteiger partial charge < -0.3 is 4.57 Å². The van der Waals surface area contributed by atoms with E-state index in [0.717, 1.165) is 21.8 Å². The molecule has 1 amide bonds. The van der Waals surface area contributed by atoms with E-state index in [1.54, 1.807) is 18.3 Å². The topological polar surface area (TPSA) is 59.3 Å². The first-order valence-corrected chi connectivity index (χ1v) is 10.7. The zero-order valence-electron chi connectivity index (χ0n) is 16.0. The molecule has 0 saturated heterocycles. The van der Waals surface area contributed by atoms with E-state index in [2.05, 4.69) is 27.2 Å². The number of rotatable bonds is 7. The summed E-state index contributed by atoms with van der Waals surface area (Å²) >= 11 is 7.34. The molecule has 0 saturated carbocycles. The quantitative estimate of drug-likeness (QED) is 0.253. The predicted octanol–water partition coefficient (Wildman–Crippen LogP) is 4.98. The van der Waals surface area contributed by atoms with Gasteiger partial charge in [0.25, 0.3) is 5.91 Å². The first-order valence-electron chi connectivity index (χ1n) is 9.38. The fourth-order valence-corrected chi connectivity index (χ4v) is 4.02. The maximum Gasteiger partial charge on any atom is 0.250 e. The zero-order chi connectivity index (χ0) is 20.8. The van der Waals surface area contributed by atoms with E-state index >= 15 is 0 Å². The van der Waals surface area contributed by atoms with E-state index in [4.69, 9.17) is 16.6 Å². The minimum Gasteiger partial charge on any atom is -0.314 e. The normalized spacial score (nSPS) is 11.2. The number of benzene rings is 3. The van der Waals surface area contributed by atoms with Gasteiger partial charge in [0, 0.05) is 5.02 Å². The van der Waals surface area contributed by atoms with Crippen LogP contribution in [0, 0.1) is 0 Å². The Kier molecular flexibility index (Phi) is 6.47. The van der Waals surface area contributed by atoms with Gasteiger partial charge in [-0.3, -0.25) is 4.79 Å². The largest absolute Gasteiger partial charge is 0.314 e. The van der Waals surface area contributed by atoms with E-state index in [1.165, 1.54) is 17.3 Å². The molecular weight excluding hydrogens is 416 g/mol. The van der Waals surface area contributed by atoms with Crippen molar-refractivity contribution in [3.63, 3.8) is 0 Å². The van der Waals surface area contributed by atoms with Gasteiger partial charge in [0.05, 0.1) is 29.5 Å². The number of fused-ring (bicyclic) bond motifs is 1. The van der Waals surface area contributed by atoms with Gasteiger partial charge >= 0.3 is 0 Å². The van der Waals surface area contributed by atoms with Crippen molar-refractivity contribution in [3.05, 3.63) is 95.0 Å². The summed E-state index contributed by atoms with van der Waals surface area (Å²) < 4.78 is 2.14. The van der Waals surface area contributed by atoms with Crippen molar-refractivity contribution in [1.29, 1.82) is 0 Å². The number of nitrogens with zero attached hydrogens (tertiary/aromatic N) is 3. The fourth-order valence-electron chi connectivity index (χ4n) is 3.01. The second-order valence-corrected chi connectivity index (χ2v) is 7.97. The fraction of sp³-hybridized carbons (Fsp3) is 0.0870. The molecule has 0 bridgehead atoms. The molecule has 30 heavy (non-hydrogen) atoms. The third-order valence-electron chi connectivity index (χ3n) is 4.39. The van der Waals surface area contributed by atoms with Crippen molar-refractivity contribution in [1.82, 2.24) is 15.0 Å². The van der Waals surface area contributed by atoms with Gasteiger partial charge in [-0.2, -0.15) is 5.10 Å². The third-order valence-corrected chi connectivity index (χ3v) is 5.60. The minimum atomic E-state index is -0.198. The highest BCUT2D eigenvalue weighted by Crippen LogP contribution is 2.25. The van der Waals surface area contributed by atoms with Crippen LogP contribution < -0.4 is 5.43 Å². The number of hydrazone groups is 1. The molecule has 0 aliphatic rings. The molecule has 0 fully saturated rings. The molecule has 0 spiro atoms. The van der Waals surface area contributed by atoms with Crippen molar-refractivity contribution >= 4 is 46.5 Å². The number of carbonyl (C=O) groups is 1. The van der Waals surface area contributed by atoms with Crippen LogP contribution in [-0.4, -0.2) is 27.4 Å². The Morgan fingerprint density at radius 2 is 1.87 bits per heavy atom. The first-order chi connectivity index (χ1) is 14.7. The lowest BCUT2D eigenvalue weighted by atomic mass is 10.2. The predicted molar refractivity (Wildman–Crippen MR) is 123 cm³/mol. The van der Waals surface area contributed by atoms with Crippen molar-refractivity contribution < 1.29 is 4.79 Å². The Labute approximate surface area is 183 Å². The third kappa shape index (κ3) is 5.09. The van der Waals surface area contributed by atoms with Crippen LogP contribution in [0.5, 0.6) is 0 Å². The molecule has 5 nitrogen and oxygen atoms in total. The van der Waals surface area contributed by atoms with Crippen molar-refractivity contribution in [2.24, 2.45) is 5.10 Å². The van der Waals surface area contributed by atoms with Crippen LogP contribution in [0.3, 0.4) is 0 Å². The lowest BCUT2D eigenvalue weighted by Crippen LogP contribution is -2.20. The minimum absolute atomic E-state index is 0.198. The molecule has 1 heterocycles. The lowest BCUT2D eigenvalue weighted by Gasteiger charge is -2.09. The van der Waals surface area contributed by atoms with E-state index < -0.39 is 0 Å². The number of hydrogen-bond donors (Lipinski definition) is 1. The standard InChI is InChI=1S/C23H19ClN4OS/c24-19-10-6-9-18(13-19)14-25-27-22(29)16-30-23-26-20-11-4-5-12-21(20)28(23)15-17-7-2-1-3-8-17/h1-14H,15-16H2,(H,27,29)/b25-14-. The highest BCUT2D eigenvalue weighted by atomic mass is 35.5. The molecule has 1 aromatic heterocycles.